The molecular formula is C15H16N6O3. The fourth-order valence-corrected chi connectivity index (χ4v) is 2.26. The minimum absolute atomic E-state index is 0.112. The van der Waals surface area contributed by atoms with Crippen molar-refractivity contribution >= 4 is 16.9 Å². The van der Waals surface area contributed by atoms with E-state index in [1.54, 1.807) is 25.4 Å². The van der Waals surface area contributed by atoms with Crippen molar-refractivity contribution in [2.24, 2.45) is 7.05 Å². The summed E-state index contributed by atoms with van der Waals surface area (Å²) >= 11 is 0. The summed E-state index contributed by atoms with van der Waals surface area (Å²) < 4.78 is 7.80. The number of ether oxygens (including phenoxy) is 1. The van der Waals surface area contributed by atoms with Gasteiger partial charge in [-0.25, -0.2) is 9.97 Å². The van der Waals surface area contributed by atoms with Crippen molar-refractivity contribution in [2.45, 2.75) is 13.1 Å². The lowest BCUT2D eigenvalue weighted by Gasteiger charge is -2.08. The van der Waals surface area contributed by atoms with Gasteiger partial charge in [0.15, 0.2) is 5.65 Å². The number of nitrogens with one attached hydrogen (secondary N) is 1. The maximum atomic E-state index is 12.3. The highest BCUT2D eigenvalue weighted by Crippen LogP contribution is 2.08. The van der Waals surface area contributed by atoms with Gasteiger partial charge in [-0.15, -0.1) is 0 Å². The molecule has 0 bridgehead atoms. The molecule has 124 valence electrons. The number of methoxy groups -OCH3 is 1. The number of rotatable bonds is 5. The molecule has 24 heavy (non-hydrogen) atoms. The number of pyridine rings is 1. The first kappa shape index (κ1) is 15.7. The van der Waals surface area contributed by atoms with E-state index in [1.807, 2.05) is 0 Å². The molecule has 0 saturated heterocycles. The average molecular weight is 328 g/mol. The Hall–Kier alpha value is -3.23. The van der Waals surface area contributed by atoms with Crippen LogP contribution in [0.1, 0.15) is 5.56 Å². The molecule has 0 aliphatic heterocycles. The molecule has 0 fully saturated rings. The van der Waals surface area contributed by atoms with Crippen LogP contribution in [0, 0.1) is 0 Å². The molecule has 0 aromatic carbocycles. The minimum atomic E-state index is -0.297. The number of carbonyl (C=O) groups is 1. The van der Waals surface area contributed by atoms with Crippen molar-refractivity contribution in [1.29, 1.82) is 0 Å². The number of amides is 1. The molecule has 0 saturated carbocycles. The average Bonchev–Trinajstić information content (AvgIpc) is 2.97. The Kier molecular flexibility index (Phi) is 4.23. The summed E-state index contributed by atoms with van der Waals surface area (Å²) in [6, 6.07) is 3.51. The van der Waals surface area contributed by atoms with Crippen LogP contribution in [0.15, 0.2) is 35.6 Å². The highest BCUT2D eigenvalue weighted by atomic mass is 16.5. The SMILES string of the molecule is COc1cc(CNC(=O)Cn2cnc3c(cnn3C)c2=O)ccn1. The first-order chi connectivity index (χ1) is 11.6. The molecule has 3 heterocycles. The number of fused-ring (bicyclic) bond motifs is 1. The molecule has 0 atom stereocenters. The summed E-state index contributed by atoms with van der Waals surface area (Å²) in [5.41, 5.74) is 1.04. The summed E-state index contributed by atoms with van der Waals surface area (Å²) in [5.74, 6) is 0.183. The molecule has 3 aromatic rings. The highest BCUT2D eigenvalue weighted by molar-refractivity contribution is 5.77. The van der Waals surface area contributed by atoms with Crippen molar-refractivity contribution in [2.75, 3.05) is 7.11 Å². The van der Waals surface area contributed by atoms with Gasteiger partial charge in [0.2, 0.25) is 11.8 Å². The smallest absolute Gasteiger partial charge is 0.264 e. The number of aromatic nitrogens is 5. The highest BCUT2D eigenvalue weighted by Gasteiger charge is 2.10. The van der Waals surface area contributed by atoms with Crippen molar-refractivity contribution in [3.8, 4) is 5.88 Å². The van der Waals surface area contributed by atoms with E-state index in [-0.39, 0.29) is 18.0 Å². The lowest BCUT2D eigenvalue weighted by atomic mass is 10.2. The second kappa shape index (κ2) is 6.49. The van der Waals surface area contributed by atoms with Crippen molar-refractivity contribution < 1.29 is 9.53 Å². The maximum Gasteiger partial charge on any atom is 0.264 e. The van der Waals surface area contributed by atoms with Gasteiger partial charge in [-0.2, -0.15) is 5.10 Å². The number of nitrogens with zero attached hydrogens (tertiary/aromatic N) is 5. The lowest BCUT2D eigenvalue weighted by molar-refractivity contribution is -0.121. The van der Waals surface area contributed by atoms with E-state index in [0.717, 1.165) is 5.56 Å². The van der Waals surface area contributed by atoms with Gasteiger partial charge in [-0.05, 0) is 11.6 Å². The zero-order valence-electron chi connectivity index (χ0n) is 13.3. The Labute approximate surface area is 136 Å². The molecule has 0 aliphatic rings. The van der Waals surface area contributed by atoms with Gasteiger partial charge in [0, 0.05) is 25.9 Å². The molecule has 0 unspecified atom stereocenters. The zero-order chi connectivity index (χ0) is 17.1. The largest absolute Gasteiger partial charge is 0.481 e. The number of aryl methyl sites for hydroxylation is 1. The summed E-state index contributed by atoms with van der Waals surface area (Å²) in [5, 5.41) is 7.12. The minimum Gasteiger partial charge on any atom is -0.481 e. The Morgan fingerprint density at radius 3 is 3.00 bits per heavy atom. The molecule has 0 aliphatic carbocycles. The third-order valence-corrected chi connectivity index (χ3v) is 3.53. The van der Waals surface area contributed by atoms with Gasteiger partial charge >= 0.3 is 0 Å². The first-order valence-electron chi connectivity index (χ1n) is 7.21. The zero-order valence-corrected chi connectivity index (χ0v) is 13.3. The summed E-state index contributed by atoms with van der Waals surface area (Å²) in [4.78, 5) is 32.5. The summed E-state index contributed by atoms with van der Waals surface area (Å²) in [6.45, 7) is 0.202. The van der Waals surface area contributed by atoms with E-state index >= 15 is 0 Å². The quantitative estimate of drug-likeness (QED) is 0.698. The van der Waals surface area contributed by atoms with Crippen molar-refractivity contribution in [1.82, 2.24) is 29.6 Å². The molecule has 0 radical (unpaired) electrons. The van der Waals surface area contributed by atoms with Crippen LogP contribution in [0.4, 0.5) is 0 Å². The van der Waals surface area contributed by atoms with E-state index in [2.05, 4.69) is 20.4 Å². The van der Waals surface area contributed by atoms with Crippen LogP contribution in [0.25, 0.3) is 11.0 Å². The second-order valence-corrected chi connectivity index (χ2v) is 5.17. The predicted octanol–water partition coefficient (Wildman–Crippen LogP) is -0.150. The Bertz CT molecular complexity index is 946. The normalized spacial score (nSPS) is 10.8. The van der Waals surface area contributed by atoms with Crippen LogP contribution in [0.3, 0.4) is 0 Å². The molecule has 3 rings (SSSR count). The Morgan fingerprint density at radius 1 is 1.38 bits per heavy atom. The van der Waals surface area contributed by atoms with Gasteiger partial charge in [0.1, 0.15) is 18.3 Å². The van der Waals surface area contributed by atoms with Crippen LogP contribution in [-0.2, 0) is 24.9 Å². The third-order valence-electron chi connectivity index (χ3n) is 3.53. The van der Waals surface area contributed by atoms with Crippen LogP contribution in [-0.4, -0.2) is 37.3 Å². The molecule has 3 aromatic heterocycles. The summed E-state index contributed by atoms with van der Waals surface area (Å²) in [6.07, 6.45) is 4.40. The standard InChI is InChI=1S/C15H16N6O3/c1-20-14-11(7-19-20)15(23)21(9-18-14)8-12(22)17-6-10-3-4-16-13(5-10)24-2/h3-5,7,9H,6,8H2,1-2H3,(H,17,22). The maximum absolute atomic E-state index is 12.3. The van der Waals surface area contributed by atoms with Crippen molar-refractivity contribution in [3.63, 3.8) is 0 Å². The van der Waals surface area contributed by atoms with E-state index in [9.17, 15) is 9.59 Å². The monoisotopic (exact) mass is 328 g/mol. The molecule has 1 N–H and O–H groups in total. The fourth-order valence-electron chi connectivity index (χ4n) is 2.26. The number of hydrogen-bond donors (Lipinski definition) is 1. The van der Waals surface area contributed by atoms with Gasteiger partial charge in [-0.1, -0.05) is 0 Å². The summed E-state index contributed by atoms with van der Waals surface area (Å²) in [7, 11) is 3.23. The van der Waals surface area contributed by atoms with E-state index in [1.165, 1.54) is 28.9 Å². The van der Waals surface area contributed by atoms with Gasteiger partial charge in [-0.3, -0.25) is 18.8 Å². The second-order valence-electron chi connectivity index (χ2n) is 5.17. The van der Waals surface area contributed by atoms with Crippen LogP contribution in [0.5, 0.6) is 5.88 Å². The Morgan fingerprint density at radius 2 is 2.21 bits per heavy atom. The third kappa shape index (κ3) is 3.09. The van der Waals surface area contributed by atoms with E-state index < -0.39 is 0 Å². The molecule has 0 spiro atoms. The molecule has 1 amide bonds. The van der Waals surface area contributed by atoms with E-state index in [4.69, 9.17) is 4.74 Å². The Balaban J connectivity index is 1.68. The molecule has 9 heteroatoms. The van der Waals surface area contributed by atoms with Crippen LogP contribution >= 0.6 is 0 Å². The van der Waals surface area contributed by atoms with Crippen LogP contribution in [0.2, 0.25) is 0 Å². The topological polar surface area (TPSA) is 104 Å². The van der Waals surface area contributed by atoms with Gasteiger partial charge in [0.05, 0.1) is 13.3 Å². The van der Waals surface area contributed by atoms with Gasteiger partial charge in [0.25, 0.3) is 5.56 Å². The lowest BCUT2D eigenvalue weighted by Crippen LogP contribution is -2.32. The predicted molar refractivity (Wildman–Crippen MR) is 85.4 cm³/mol. The van der Waals surface area contributed by atoms with Crippen molar-refractivity contribution in [3.05, 3.63) is 46.8 Å². The molecule has 9 nitrogen and oxygen atoms in total. The number of hydrogen-bond acceptors (Lipinski definition) is 6. The number of carbonyl (C=O) groups excluding carboxylic acids is 1. The van der Waals surface area contributed by atoms with Gasteiger partial charge < -0.3 is 10.1 Å². The fraction of sp³-hybridized carbons (Fsp3) is 0.267. The van der Waals surface area contributed by atoms with E-state index in [0.29, 0.717) is 23.5 Å². The first-order valence-corrected chi connectivity index (χ1v) is 7.21. The molecular weight excluding hydrogens is 312 g/mol. The van der Waals surface area contributed by atoms with Crippen LogP contribution < -0.4 is 15.6 Å².